The largest absolute Gasteiger partial charge is 0.463 e. The number of furan rings is 1. The molecule has 114 valence electrons. The number of aromatic nitrogens is 1. The van der Waals surface area contributed by atoms with Gasteiger partial charge in [-0.3, -0.25) is 0 Å². The summed E-state index contributed by atoms with van der Waals surface area (Å²) in [5.41, 5.74) is 2.97. The molecular formula is C17H17ClN2OS. The van der Waals surface area contributed by atoms with Crippen molar-refractivity contribution in [1.82, 2.24) is 4.57 Å². The van der Waals surface area contributed by atoms with Gasteiger partial charge >= 0.3 is 0 Å². The molecule has 0 N–H and O–H groups in total. The van der Waals surface area contributed by atoms with Crippen LogP contribution in [-0.4, -0.2) is 4.57 Å². The van der Waals surface area contributed by atoms with E-state index in [4.69, 9.17) is 21.0 Å². The summed E-state index contributed by atoms with van der Waals surface area (Å²) >= 11 is 7.81. The van der Waals surface area contributed by atoms with E-state index in [1.807, 2.05) is 37.3 Å². The van der Waals surface area contributed by atoms with Crippen LogP contribution in [0, 0.1) is 6.92 Å². The van der Waals surface area contributed by atoms with Crippen molar-refractivity contribution in [1.29, 1.82) is 0 Å². The second kappa shape index (κ2) is 6.55. The number of thiazole rings is 1. The topological polar surface area (TPSA) is 30.4 Å². The lowest BCUT2D eigenvalue weighted by Gasteiger charge is -2.06. The summed E-state index contributed by atoms with van der Waals surface area (Å²) in [6.07, 6.45) is 2.73. The first kappa shape index (κ1) is 15.1. The summed E-state index contributed by atoms with van der Waals surface area (Å²) < 4.78 is 7.73. The number of hydrogen-bond acceptors (Lipinski definition) is 3. The molecule has 0 bridgehead atoms. The van der Waals surface area contributed by atoms with E-state index in [1.165, 1.54) is 0 Å². The molecular weight excluding hydrogens is 316 g/mol. The van der Waals surface area contributed by atoms with E-state index in [0.717, 1.165) is 45.5 Å². The second-order valence-electron chi connectivity index (χ2n) is 5.03. The van der Waals surface area contributed by atoms with Crippen LogP contribution in [0.1, 0.15) is 18.9 Å². The molecule has 22 heavy (non-hydrogen) atoms. The SMILES string of the molecule is CCCn1c(-c2ccco2)csc1=Nc1cccc(Cl)c1C. The van der Waals surface area contributed by atoms with E-state index in [-0.39, 0.29) is 0 Å². The van der Waals surface area contributed by atoms with Crippen LogP contribution in [0.3, 0.4) is 0 Å². The van der Waals surface area contributed by atoms with Gasteiger partial charge in [0.05, 0.1) is 17.6 Å². The van der Waals surface area contributed by atoms with E-state index in [9.17, 15) is 0 Å². The van der Waals surface area contributed by atoms with Crippen LogP contribution in [-0.2, 0) is 6.54 Å². The minimum Gasteiger partial charge on any atom is -0.463 e. The van der Waals surface area contributed by atoms with Crippen molar-refractivity contribution in [3.8, 4) is 11.5 Å². The Morgan fingerprint density at radius 1 is 1.27 bits per heavy atom. The van der Waals surface area contributed by atoms with Gasteiger partial charge in [0.15, 0.2) is 10.6 Å². The lowest BCUT2D eigenvalue weighted by atomic mass is 10.2. The van der Waals surface area contributed by atoms with E-state index < -0.39 is 0 Å². The van der Waals surface area contributed by atoms with Gasteiger partial charge in [0.1, 0.15) is 0 Å². The number of halogens is 1. The normalized spacial score (nSPS) is 12.0. The van der Waals surface area contributed by atoms with E-state index >= 15 is 0 Å². The quantitative estimate of drug-likeness (QED) is 0.628. The third-order valence-corrected chi connectivity index (χ3v) is 4.75. The zero-order valence-electron chi connectivity index (χ0n) is 12.5. The summed E-state index contributed by atoms with van der Waals surface area (Å²) in [5.74, 6) is 0.869. The Balaban J connectivity index is 2.15. The monoisotopic (exact) mass is 332 g/mol. The minimum atomic E-state index is 0.742. The first-order valence-electron chi connectivity index (χ1n) is 7.22. The highest BCUT2D eigenvalue weighted by atomic mass is 35.5. The predicted molar refractivity (Wildman–Crippen MR) is 91.7 cm³/mol. The molecule has 3 nitrogen and oxygen atoms in total. The van der Waals surface area contributed by atoms with Crippen molar-refractivity contribution < 1.29 is 4.42 Å². The Labute approximate surface area is 138 Å². The van der Waals surface area contributed by atoms with Gasteiger partial charge in [-0.25, -0.2) is 4.99 Å². The summed E-state index contributed by atoms with van der Waals surface area (Å²) in [6, 6.07) is 9.69. The molecule has 0 fully saturated rings. The van der Waals surface area contributed by atoms with Crippen LogP contribution < -0.4 is 4.80 Å². The molecule has 2 heterocycles. The number of hydrogen-bond donors (Lipinski definition) is 0. The Hall–Kier alpha value is -1.78. The first-order chi connectivity index (χ1) is 10.7. The van der Waals surface area contributed by atoms with Gasteiger partial charge in [-0.15, -0.1) is 11.3 Å². The predicted octanol–water partition coefficient (Wildman–Crippen LogP) is 5.41. The van der Waals surface area contributed by atoms with Crippen LogP contribution in [0.4, 0.5) is 5.69 Å². The number of nitrogens with zero attached hydrogens (tertiary/aromatic N) is 2. The van der Waals surface area contributed by atoms with Crippen molar-refractivity contribution in [3.05, 3.63) is 57.4 Å². The van der Waals surface area contributed by atoms with Gasteiger partial charge in [0.25, 0.3) is 0 Å². The fourth-order valence-electron chi connectivity index (χ4n) is 2.30. The van der Waals surface area contributed by atoms with Gasteiger partial charge in [0, 0.05) is 16.9 Å². The van der Waals surface area contributed by atoms with Crippen molar-refractivity contribution in [2.75, 3.05) is 0 Å². The Morgan fingerprint density at radius 2 is 2.14 bits per heavy atom. The Morgan fingerprint density at radius 3 is 2.86 bits per heavy atom. The van der Waals surface area contributed by atoms with Gasteiger partial charge in [0.2, 0.25) is 0 Å². The smallest absolute Gasteiger partial charge is 0.190 e. The molecule has 0 unspecified atom stereocenters. The minimum absolute atomic E-state index is 0.742. The molecule has 0 aliphatic heterocycles. The lowest BCUT2D eigenvalue weighted by Crippen LogP contribution is -2.15. The van der Waals surface area contributed by atoms with Crippen LogP contribution in [0.5, 0.6) is 0 Å². The van der Waals surface area contributed by atoms with Gasteiger partial charge in [-0.05, 0) is 43.2 Å². The van der Waals surface area contributed by atoms with Gasteiger partial charge in [-0.2, -0.15) is 0 Å². The molecule has 0 saturated heterocycles. The molecule has 5 heteroatoms. The summed E-state index contributed by atoms with van der Waals surface area (Å²) in [4.78, 5) is 5.76. The number of rotatable bonds is 4. The van der Waals surface area contributed by atoms with Crippen LogP contribution >= 0.6 is 22.9 Å². The van der Waals surface area contributed by atoms with Crippen LogP contribution in [0.15, 0.2) is 51.4 Å². The molecule has 3 aromatic rings. The molecule has 0 atom stereocenters. The average molecular weight is 333 g/mol. The van der Waals surface area contributed by atoms with Gasteiger partial charge in [-0.1, -0.05) is 24.6 Å². The number of benzene rings is 1. The molecule has 0 saturated carbocycles. The summed E-state index contributed by atoms with van der Waals surface area (Å²) in [7, 11) is 0. The van der Waals surface area contributed by atoms with Crippen LogP contribution in [0.2, 0.25) is 5.02 Å². The average Bonchev–Trinajstić information content (AvgIpc) is 3.15. The maximum absolute atomic E-state index is 6.19. The highest BCUT2D eigenvalue weighted by molar-refractivity contribution is 7.07. The van der Waals surface area contributed by atoms with Gasteiger partial charge < -0.3 is 8.98 Å². The maximum Gasteiger partial charge on any atom is 0.190 e. The summed E-state index contributed by atoms with van der Waals surface area (Å²) in [6.45, 7) is 5.05. The Bertz CT molecular complexity index is 831. The highest BCUT2D eigenvalue weighted by Crippen LogP contribution is 2.26. The lowest BCUT2D eigenvalue weighted by molar-refractivity contribution is 0.567. The Kier molecular flexibility index (Phi) is 4.50. The van der Waals surface area contributed by atoms with Crippen molar-refractivity contribution in [2.45, 2.75) is 26.8 Å². The van der Waals surface area contributed by atoms with E-state index in [2.05, 4.69) is 16.9 Å². The van der Waals surface area contributed by atoms with Crippen molar-refractivity contribution >= 4 is 28.6 Å². The van der Waals surface area contributed by atoms with Crippen molar-refractivity contribution in [3.63, 3.8) is 0 Å². The van der Waals surface area contributed by atoms with Crippen LogP contribution in [0.25, 0.3) is 11.5 Å². The van der Waals surface area contributed by atoms with Crippen molar-refractivity contribution in [2.24, 2.45) is 4.99 Å². The fourth-order valence-corrected chi connectivity index (χ4v) is 3.40. The molecule has 0 amide bonds. The first-order valence-corrected chi connectivity index (χ1v) is 8.48. The third kappa shape index (κ3) is 2.89. The molecule has 0 aliphatic carbocycles. The highest BCUT2D eigenvalue weighted by Gasteiger charge is 2.10. The molecule has 0 spiro atoms. The maximum atomic E-state index is 6.19. The fraction of sp³-hybridized carbons (Fsp3) is 0.235. The van der Waals surface area contributed by atoms with E-state index in [0.29, 0.717) is 0 Å². The molecule has 3 rings (SSSR count). The molecule has 1 aromatic carbocycles. The molecule has 0 aliphatic rings. The molecule has 0 radical (unpaired) electrons. The third-order valence-electron chi connectivity index (χ3n) is 3.47. The molecule has 2 aromatic heterocycles. The zero-order chi connectivity index (χ0) is 15.5. The van der Waals surface area contributed by atoms with E-state index in [1.54, 1.807) is 17.6 Å². The standard InChI is InChI=1S/C17H17ClN2OS/c1-3-9-20-15(16-8-5-10-21-16)11-22-17(20)19-14-7-4-6-13(18)12(14)2/h4-8,10-11H,3,9H2,1-2H3. The summed E-state index contributed by atoms with van der Waals surface area (Å²) in [5, 5.41) is 2.83. The second-order valence-corrected chi connectivity index (χ2v) is 6.27. The zero-order valence-corrected chi connectivity index (χ0v) is 14.1.